The normalized spacial score (nSPS) is 34.4. The third-order valence-electron chi connectivity index (χ3n) is 4.42. The first-order valence-electron chi connectivity index (χ1n) is 5.02. The van der Waals surface area contributed by atoms with E-state index in [1.165, 1.54) is 19.3 Å². The lowest BCUT2D eigenvalue weighted by Gasteiger charge is -2.23. The van der Waals surface area contributed by atoms with Crippen LogP contribution >= 0.6 is 0 Å². The first-order valence-corrected chi connectivity index (χ1v) is 5.02. The molecule has 0 nitrogen and oxygen atoms in total. The van der Waals surface area contributed by atoms with Gasteiger partial charge in [-0.2, -0.15) is 0 Å². The van der Waals surface area contributed by atoms with Gasteiger partial charge in [0.1, 0.15) is 0 Å². The topological polar surface area (TPSA) is 0 Å². The highest BCUT2D eigenvalue weighted by Gasteiger charge is 2.62. The van der Waals surface area contributed by atoms with Gasteiger partial charge in [-0.3, -0.25) is 0 Å². The number of hydrogen-bond donors (Lipinski definition) is 0. The second-order valence-electron chi connectivity index (χ2n) is 4.74. The van der Waals surface area contributed by atoms with Gasteiger partial charge in [0.25, 0.3) is 0 Å². The minimum atomic E-state index is 0.663. The van der Waals surface area contributed by atoms with E-state index >= 15 is 0 Å². The van der Waals surface area contributed by atoms with Crippen LogP contribution in [0.15, 0.2) is 0 Å². The van der Waals surface area contributed by atoms with Crippen LogP contribution in [0.3, 0.4) is 0 Å². The smallest absolute Gasteiger partial charge is 0.0241 e. The minimum Gasteiger partial charge on any atom is -0.0648 e. The highest BCUT2D eigenvalue weighted by molar-refractivity contribution is 5.11. The Morgan fingerprint density at radius 3 is 1.73 bits per heavy atom. The van der Waals surface area contributed by atoms with E-state index in [9.17, 15) is 0 Å². The van der Waals surface area contributed by atoms with Crippen LogP contribution in [0.5, 0.6) is 0 Å². The molecule has 0 bridgehead atoms. The summed E-state index contributed by atoms with van der Waals surface area (Å²) in [5.41, 5.74) is 1.37. The largest absolute Gasteiger partial charge is 0.0648 e. The molecule has 1 saturated carbocycles. The Labute approximate surface area is 71.4 Å². The summed E-state index contributed by atoms with van der Waals surface area (Å²) in [6.45, 7) is 11.9. The Bertz CT molecular complexity index is 140. The maximum atomic E-state index is 2.46. The Hall–Kier alpha value is 0. The Balaban J connectivity index is 2.68. The van der Waals surface area contributed by atoms with Crippen LogP contribution in [0.4, 0.5) is 0 Å². The van der Waals surface area contributed by atoms with Gasteiger partial charge in [0, 0.05) is 0 Å². The molecule has 0 heterocycles. The molecule has 0 aliphatic heterocycles. The van der Waals surface area contributed by atoms with Crippen molar-refractivity contribution in [2.45, 2.75) is 53.9 Å². The van der Waals surface area contributed by atoms with Crippen molar-refractivity contribution in [3.63, 3.8) is 0 Å². The van der Waals surface area contributed by atoms with Crippen LogP contribution in [0.2, 0.25) is 0 Å². The average molecular weight is 154 g/mol. The molecule has 0 radical (unpaired) electrons. The molecule has 0 heteroatoms. The van der Waals surface area contributed by atoms with Crippen molar-refractivity contribution in [1.82, 2.24) is 0 Å². The molecule has 0 aromatic carbocycles. The van der Waals surface area contributed by atoms with Crippen molar-refractivity contribution in [1.29, 1.82) is 0 Å². The van der Waals surface area contributed by atoms with Gasteiger partial charge in [0.2, 0.25) is 0 Å². The molecule has 1 unspecified atom stereocenters. The molecule has 1 aliphatic rings. The molecule has 0 amide bonds. The van der Waals surface area contributed by atoms with Crippen LogP contribution in [0, 0.1) is 16.7 Å². The zero-order valence-electron chi connectivity index (χ0n) is 8.70. The summed E-state index contributed by atoms with van der Waals surface area (Å²) in [5.74, 6) is 0.863. The number of hydrogen-bond acceptors (Lipinski definition) is 0. The maximum absolute atomic E-state index is 2.46. The fourth-order valence-corrected chi connectivity index (χ4v) is 2.78. The highest BCUT2D eigenvalue weighted by Crippen LogP contribution is 2.70. The number of rotatable bonds is 3. The second-order valence-corrected chi connectivity index (χ2v) is 4.74. The van der Waals surface area contributed by atoms with E-state index in [0.29, 0.717) is 10.8 Å². The van der Waals surface area contributed by atoms with Crippen molar-refractivity contribution < 1.29 is 0 Å². The van der Waals surface area contributed by atoms with Gasteiger partial charge >= 0.3 is 0 Å². The van der Waals surface area contributed by atoms with Crippen LogP contribution in [-0.4, -0.2) is 0 Å². The van der Waals surface area contributed by atoms with Gasteiger partial charge in [-0.1, -0.05) is 34.6 Å². The minimum absolute atomic E-state index is 0.663. The lowest BCUT2D eigenvalue weighted by atomic mass is 9.82. The van der Waals surface area contributed by atoms with E-state index < -0.39 is 0 Å². The molecule has 0 N–H and O–H groups in total. The summed E-state index contributed by atoms with van der Waals surface area (Å²) in [7, 11) is 0. The van der Waals surface area contributed by atoms with Crippen molar-refractivity contribution in [2.24, 2.45) is 16.7 Å². The van der Waals surface area contributed by atoms with Gasteiger partial charge < -0.3 is 0 Å². The molecule has 1 rings (SSSR count). The van der Waals surface area contributed by atoms with Crippen LogP contribution in [0.1, 0.15) is 53.9 Å². The molecular formula is C11H22. The molecule has 1 aliphatic carbocycles. The van der Waals surface area contributed by atoms with Crippen LogP contribution in [0.25, 0.3) is 0 Å². The fourth-order valence-electron chi connectivity index (χ4n) is 2.78. The molecule has 11 heavy (non-hydrogen) atoms. The van der Waals surface area contributed by atoms with E-state index in [4.69, 9.17) is 0 Å². The van der Waals surface area contributed by atoms with E-state index in [-0.39, 0.29) is 0 Å². The van der Waals surface area contributed by atoms with E-state index in [1.807, 2.05) is 0 Å². The molecule has 0 spiro atoms. The van der Waals surface area contributed by atoms with Gasteiger partial charge in [-0.05, 0) is 36.0 Å². The molecule has 0 aromatic heterocycles. The summed E-state index contributed by atoms with van der Waals surface area (Å²) >= 11 is 0. The quantitative estimate of drug-likeness (QED) is 0.579. The summed E-state index contributed by atoms with van der Waals surface area (Å²) in [4.78, 5) is 0. The van der Waals surface area contributed by atoms with E-state index in [2.05, 4.69) is 34.6 Å². The Kier molecular flexibility index (Phi) is 2.07. The first-order chi connectivity index (χ1) is 5.02. The van der Waals surface area contributed by atoms with Crippen molar-refractivity contribution >= 4 is 0 Å². The van der Waals surface area contributed by atoms with Gasteiger partial charge in [-0.25, -0.2) is 0 Å². The standard InChI is InChI=1S/C11H22/c1-6-11(7-2)8-10(11,5)9(3)4/h9H,6-8H2,1-5H3. The zero-order valence-corrected chi connectivity index (χ0v) is 8.70. The highest BCUT2D eigenvalue weighted by atomic mass is 14.7. The average Bonchev–Trinajstić information content (AvgIpc) is 2.59. The Morgan fingerprint density at radius 2 is 1.64 bits per heavy atom. The zero-order chi connectivity index (χ0) is 8.70. The molecule has 1 fully saturated rings. The fraction of sp³-hybridized carbons (Fsp3) is 1.00. The van der Waals surface area contributed by atoms with E-state index in [0.717, 1.165) is 5.92 Å². The molecule has 0 aromatic rings. The second kappa shape index (κ2) is 2.50. The van der Waals surface area contributed by atoms with Gasteiger partial charge in [0.15, 0.2) is 0 Å². The maximum Gasteiger partial charge on any atom is -0.0241 e. The van der Waals surface area contributed by atoms with Gasteiger partial charge in [-0.15, -0.1) is 0 Å². The molecule has 1 atom stereocenters. The lowest BCUT2D eigenvalue weighted by molar-refractivity contribution is 0.261. The third kappa shape index (κ3) is 1.02. The van der Waals surface area contributed by atoms with Gasteiger partial charge in [0.05, 0.1) is 0 Å². The van der Waals surface area contributed by atoms with Crippen molar-refractivity contribution in [3.05, 3.63) is 0 Å². The van der Waals surface area contributed by atoms with Crippen LogP contribution < -0.4 is 0 Å². The lowest BCUT2D eigenvalue weighted by Crippen LogP contribution is -2.15. The predicted molar refractivity (Wildman–Crippen MR) is 50.6 cm³/mol. The molecular weight excluding hydrogens is 132 g/mol. The summed E-state index contributed by atoms with van der Waals surface area (Å²) in [6.07, 6.45) is 4.21. The molecule has 66 valence electrons. The van der Waals surface area contributed by atoms with E-state index in [1.54, 1.807) is 0 Å². The molecule has 0 saturated heterocycles. The summed E-state index contributed by atoms with van der Waals surface area (Å²) in [5, 5.41) is 0. The summed E-state index contributed by atoms with van der Waals surface area (Å²) in [6, 6.07) is 0. The summed E-state index contributed by atoms with van der Waals surface area (Å²) < 4.78 is 0. The third-order valence-corrected chi connectivity index (χ3v) is 4.42. The van der Waals surface area contributed by atoms with Crippen LogP contribution in [-0.2, 0) is 0 Å². The van der Waals surface area contributed by atoms with Crippen molar-refractivity contribution in [3.8, 4) is 0 Å². The SMILES string of the molecule is CCC1(CC)CC1(C)C(C)C. The first kappa shape index (κ1) is 9.09. The monoisotopic (exact) mass is 154 g/mol. The van der Waals surface area contributed by atoms with Crippen molar-refractivity contribution in [2.75, 3.05) is 0 Å². The Morgan fingerprint density at radius 1 is 1.18 bits per heavy atom. The predicted octanol–water partition coefficient (Wildman–Crippen LogP) is 3.86.